The Hall–Kier alpha value is -4.39. The number of aromatic nitrogens is 2. The summed E-state index contributed by atoms with van der Waals surface area (Å²) in [6.45, 7) is 6.93. The first kappa shape index (κ1) is 47.0. The number of amides is 1. The number of carboxylic acids is 2. The van der Waals surface area contributed by atoms with Crippen LogP contribution in [0.2, 0.25) is 0 Å². The van der Waals surface area contributed by atoms with Crippen molar-refractivity contribution in [3.8, 4) is 0 Å². The van der Waals surface area contributed by atoms with Gasteiger partial charge in [0.15, 0.2) is 0 Å². The second kappa shape index (κ2) is 26.5. The molecule has 16 nitrogen and oxygen atoms in total. The number of ether oxygens (including phenoxy) is 4. The molecule has 16 heteroatoms. The molecule has 2 heterocycles. The Morgan fingerprint density at radius 3 is 2.02 bits per heavy atom. The van der Waals surface area contributed by atoms with Crippen molar-refractivity contribution in [2.45, 2.75) is 45.1 Å². The topological polar surface area (TPSA) is 236 Å². The highest BCUT2D eigenvalue weighted by molar-refractivity contribution is 5.94. The molecule has 0 fully saturated rings. The zero-order valence-electron chi connectivity index (χ0n) is 32.9. The molecule has 3 aromatic rings. The smallest absolute Gasteiger partial charge is 0.354 e. The van der Waals surface area contributed by atoms with Crippen LogP contribution in [0.1, 0.15) is 86.8 Å². The molecular formula is C41H59N5O11. The van der Waals surface area contributed by atoms with Gasteiger partial charge in [-0.15, -0.1) is 0 Å². The van der Waals surface area contributed by atoms with Gasteiger partial charge in [-0.25, -0.2) is 19.6 Å². The molecule has 0 bridgehead atoms. The number of benzene rings is 1. The fraction of sp³-hybridized carbons (Fsp3) is 0.537. The van der Waals surface area contributed by atoms with Crippen molar-refractivity contribution in [1.29, 1.82) is 0 Å². The fourth-order valence-corrected chi connectivity index (χ4v) is 6.66. The molecule has 2 unspecified atom stereocenters. The summed E-state index contributed by atoms with van der Waals surface area (Å²) in [4.78, 5) is 46.9. The van der Waals surface area contributed by atoms with Gasteiger partial charge in [-0.05, 0) is 73.1 Å². The highest BCUT2D eigenvalue weighted by atomic mass is 16.5. The molecule has 314 valence electrons. The van der Waals surface area contributed by atoms with Crippen LogP contribution in [0.4, 0.5) is 0 Å². The van der Waals surface area contributed by atoms with E-state index in [-0.39, 0.29) is 36.4 Å². The third kappa shape index (κ3) is 16.2. The summed E-state index contributed by atoms with van der Waals surface area (Å²) in [7, 11) is 0. The second-order valence-electron chi connectivity index (χ2n) is 13.4. The number of aliphatic hydroxyl groups is 2. The van der Waals surface area contributed by atoms with Gasteiger partial charge < -0.3 is 50.4 Å². The standard InChI is InChI=1S/C41H59N5O11/c1-2-41(14-5-20-47,15-22-54-26-29-57-25-19-46(18-21-48)30-33-6-3-8-35(44-33)39(50)51)37(34-7-4-9-36(45-34)40(52)53)31-10-12-32(13-11-31)38(49)43-17-24-56-28-27-55-23-16-42/h3-4,6-13,37,47-48H,2,5,14-30,42H2,1H3,(H,43,49)(H,50,51)(H,52,53). The molecule has 0 saturated heterocycles. The third-order valence-electron chi connectivity index (χ3n) is 9.60. The van der Waals surface area contributed by atoms with E-state index in [0.29, 0.717) is 128 Å². The molecule has 0 saturated carbocycles. The number of nitrogens with one attached hydrogen (secondary N) is 1. The van der Waals surface area contributed by atoms with Gasteiger partial charge in [0.05, 0.1) is 58.5 Å². The zero-order valence-corrected chi connectivity index (χ0v) is 32.9. The summed E-state index contributed by atoms with van der Waals surface area (Å²) in [6.07, 6.45) is 2.35. The van der Waals surface area contributed by atoms with Crippen molar-refractivity contribution in [3.05, 3.63) is 94.6 Å². The number of nitrogens with two attached hydrogens (primary N) is 1. The summed E-state index contributed by atoms with van der Waals surface area (Å²) in [5.41, 5.74) is 7.24. The Kier molecular flexibility index (Phi) is 21.9. The number of carbonyl (C=O) groups is 3. The summed E-state index contributed by atoms with van der Waals surface area (Å²) >= 11 is 0. The molecule has 7 N–H and O–H groups in total. The minimum atomic E-state index is -1.14. The minimum absolute atomic E-state index is 0.0241. The van der Waals surface area contributed by atoms with E-state index in [1.54, 1.807) is 30.3 Å². The van der Waals surface area contributed by atoms with Crippen LogP contribution in [0.5, 0.6) is 0 Å². The second-order valence-corrected chi connectivity index (χ2v) is 13.4. The van der Waals surface area contributed by atoms with Crippen LogP contribution >= 0.6 is 0 Å². The quantitative estimate of drug-likeness (QED) is 0.0514. The maximum Gasteiger partial charge on any atom is 0.354 e. The predicted molar refractivity (Wildman–Crippen MR) is 211 cm³/mol. The van der Waals surface area contributed by atoms with Crippen LogP contribution in [0.15, 0.2) is 60.7 Å². The van der Waals surface area contributed by atoms with E-state index in [4.69, 9.17) is 24.7 Å². The first-order chi connectivity index (χ1) is 27.7. The number of carboxylic acid groups (broad SMARTS) is 2. The number of rotatable bonds is 31. The molecule has 2 atom stereocenters. The largest absolute Gasteiger partial charge is 0.477 e. The van der Waals surface area contributed by atoms with Crippen molar-refractivity contribution in [1.82, 2.24) is 20.2 Å². The van der Waals surface area contributed by atoms with Crippen molar-refractivity contribution in [3.63, 3.8) is 0 Å². The summed E-state index contributed by atoms with van der Waals surface area (Å²) < 4.78 is 22.7. The molecule has 1 amide bonds. The highest BCUT2D eigenvalue weighted by Crippen LogP contribution is 2.49. The Bertz CT molecular complexity index is 1630. The zero-order chi connectivity index (χ0) is 41.3. The highest BCUT2D eigenvalue weighted by Gasteiger charge is 2.40. The summed E-state index contributed by atoms with van der Waals surface area (Å²) in [6, 6.07) is 17.0. The van der Waals surface area contributed by atoms with Crippen LogP contribution in [-0.2, 0) is 25.5 Å². The van der Waals surface area contributed by atoms with Gasteiger partial charge in [0, 0.05) is 63.1 Å². The Balaban J connectivity index is 1.65. The monoisotopic (exact) mass is 797 g/mol. The first-order valence-corrected chi connectivity index (χ1v) is 19.4. The van der Waals surface area contributed by atoms with Crippen molar-refractivity contribution < 1.29 is 53.8 Å². The van der Waals surface area contributed by atoms with E-state index in [2.05, 4.69) is 22.2 Å². The number of carbonyl (C=O) groups excluding carboxylic acids is 1. The number of hydrogen-bond acceptors (Lipinski definition) is 13. The Labute approximate surface area is 334 Å². The number of hydrogen-bond donors (Lipinski definition) is 6. The third-order valence-corrected chi connectivity index (χ3v) is 9.60. The lowest BCUT2D eigenvalue weighted by Gasteiger charge is -2.41. The number of pyridine rings is 2. The molecular weight excluding hydrogens is 738 g/mol. The van der Waals surface area contributed by atoms with Crippen LogP contribution in [0.25, 0.3) is 0 Å². The maximum absolute atomic E-state index is 13.0. The lowest BCUT2D eigenvalue weighted by molar-refractivity contribution is 0.0201. The molecule has 3 rings (SSSR count). The SMILES string of the molecule is CCC(CCCO)(CCOCCOCCN(CCO)Cc1cccc(C(=O)O)n1)C(c1ccc(C(=O)NCCOCCOCCN)cc1)c1cccc(C(=O)O)n1. The lowest BCUT2D eigenvalue weighted by Crippen LogP contribution is -2.33. The van der Waals surface area contributed by atoms with E-state index in [1.807, 2.05) is 23.1 Å². The summed E-state index contributed by atoms with van der Waals surface area (Å²) in [5, 5.41) is 41.4. The van der Waals surface area contributed by atoms with Crippen LogP contribution in [-0.4, -0.2) is 145 Å². The van der Waals surface area contributed by atoms with Crippen LogP contribution in [0, 0.1) is 5.41 Å². The van der Waals surface area contributed by atoms with Gasteiger partial charge in [0.25, 0.3) is 5.91 Å². The number of aliphatic hydroxyl groups excluding tert-OH is 2. The molecule has 2 aromatic heterocycles. The molecule has 0 aliphatic carbocycles. The predicted octanol–water partition coefficient (Wildman–Crippen LogP) is 2.81. The average Bonchev–Trinajstić information content (AvgIpc) is 3.22. The average molecular weight is 798 g/mol. The van der Waals surface area contributed by atoms with Crippen molar-refractivity contribution in [2.24, 2.45) is 11.1 Å². The number of aromatic carboxylic acids is 2. The van der Waals surface area contributed by atoms with Gasteiger partial charge in [0.2, 0.25) is 0 Å². The van der Waals surface area contributed by atoms with Gasteiger partial charge >= 0.3 is 11.9 Å². The van der Waals surface area contributed by atoms with Crippen molar-refractivity contribution in [2.75, 3.05) is 92.2 Å². The molecule has 57 heavy (non-hydrogen) atoms. The summed E-state index contributed by atoms with van der Waals surface area (Å²) in [5.74, 6) is -2.88. The molecule has 0 radical (unpaired) electrons. The minimum Gasteiger partial charge on any atom is -0.477 e. The molecule has 0 aliphatic heterocycles. The van der Waals surface area contributed by atoms with Gasteiger partial charge in [-0.2, -0.15) is 0 Å². The van der Waals surface area contributed by atoms with E-state index >= 15 is 0 Å². The molecule has 1 aromatic carbocycles. The van der Waals surface area contributed by atoms with Crippen LogP contribution in [0.3, 0.4) is 0 Å². The maximum atomic E-state index is 13.0. The Morgan fingerprint density at radius 2 is 1.39 bits per heavy atom. The van der Waals surface area contributed by atoms with Gasteiger partial charge in [-0.3, -0.25) is 9.69 Å². The Morgan fingerprint density at radius 1 is 0.754 bits per heavy atom. The molecule has 0 aliphatic rings. The normalized spacial score (nSPS) is 13.0. The van der Waals surface area contributed by atoms with E-state index in [9.17, 15) is 34.8 Å². The van der Waals surface area contributed by atoms with Gasteiger partial charge in [-0.1, -0.05) is 31.2 Å². The van der Waals surface area contributed by atoms with E-state index in [1.165, 1.54) is 12.1 Å². The number of nitrogens with zero attached hydrogens (tertiary/aromatic N) is 3. The van der Waals surface area contributed by atoms with Crippen LogP contribution < -0.4 is 11.1 Å². The first-order valence-electron chi connectivity index (χ1n) is 19.4. The van der Waals surface area contributed by atoms with Crippen molar-refractivity contribution >= 4 is 17.8 Å². The van der Waals surface area contributed by atoms with Gasteiger partial charge in [0.1, 0.15) is 11.4 Å². The van der Waals surface area contributed by atoms with E-state index < -0.39 is 17.4 Å². The molecule has 0 spiro atoms. The fourth-order valence-electron chi connectivity index (χ4n) is 6.66. The van der Waals surface area contributed by atoms with E-state index in [0.717, 1.165) is 5.56 Å². The lowest BCUT2D eigenvalue weighted by atomic mass is 9.64.